The summed E-state index contributed by atoms with van der Waals surface area (Å²) in [4.78, 5) is 26.1. The second-order valence-corrected chi connectivity index (χ2v) is 13.9. The van der Waals surface area contributed by atoms with Gasteiger partial charge in [0.2, 0.25) is 0 Å². The Bertz CT molecular complexity index is 2910. The summed E-state index contributed by atoms with van der Waals surface area (Å²) in [6.45, 7) is 0. The van der Waals surface area contributed by atoms with E-state index in [1.807, 2.05) is 73.1 Å². The average Bonchev–Trinajstić information content (AvgIpc) is 3.65. The van der Waals surface area contributed by atoms with Gasteiger partial charge in [0.25, 0.3) is 0 Å². The molecule has 0 saturated heterocycles. The van der Waals surface area contributed by atoms with Gasteiger partial charge < -0.3 is 0 Å². The molecule has 0 aliphatic carbocycles. The highest BCUT2D eigenvalue weighted by molar-refractivity contribution is 7.24. The summed E-state index contributed by atoms with van der Waals surface area (Å²) < 4.78 is 1.17. The second-order valence-electron chi connectivity index (χ2n) is 12.9. The van der Waals surface area contributed by atoms with Crippen LogP contribution in [0, 0.1) is 0 Å². The number of fused-ring (bicyclic) bond motifs is 4. The third kappa shape index (κ3) is 5.53. The topological polar surface area (TPSA) is 64.5 Å². The van der Waals surface area contributed by atoms with Crippen molar-refractivity contribution in [1.29, 1.82) is 0 Å². The van der Waals surface area contributed by atoms with Gasteiger partial charge in [-0.1, -0.05) is 127 Å². The number of hydrogen-bond acceptors (Lipinski definition) is 6. The largest absolute Gasteiger partial charge is 0.256 e. The molecule has 5 aromatic carbocycles. The summed E-state index contributed by atoms with van der Waals surface area (Å²) in [5.41, 5.74) is 11.9. The van der Waals surface area contributed by atoms with Crippen molar-refractivity contribution in [1.82, 2.24) is 24.9 Å². The van der Waals surface area contributed by atoms with Crippen molar-refractivity contribution in [3.05, 3.63) is 176 Å². The van der Waals surface area contributed by atoms with E-state index < -0.39 is 0 Å². The Hall–Kier alpha value is -6.89. The van der Waals surface area contributed by atoms with Gasteiger partial charge in [-0.25, -0.2) is 15.0 Å². The van der Waals surface area contributed by atoms with Crippen molar-refractivity contribution in [2.75, 3.05) is 0 Å². The molecule has 53 heavy (non-hydrogen) atoms. The van der Waals surface area contributed by atoms with Gasteiger partial charge in [-0.3, -0.25) is 9.97 Å². The molecule has 0 radical (unpaired) electrons. The Kier molecular flexibility index (Phi) is 7.59. The molecule has 0 aliphatic rings. The van der Waals surface area contributed by atoms with E-state index in [1.54, 1.807) is 11.3 Å². The summed E-state index contributed by atoms with van der Waals surface area (Å²) in [5, 5.41) is 3.22. The molecule has 0 bridgehead atoms. The van der Waals surface area contributed by atoms with Crippen LogP contribution < -0.4 is 0 Å². The van der Waals surface area contributed by atoms with Gasteiger partial charge in [-0.05, 0) is 47.5 Å². The maximum atomic E-state index is 5.43. The lowest BCUT2D eigenvalue weighted by molar-refractivity contribution is 1.23. The zero-order valence-corrected chi connectivity index (χ0v) is 29.2. The first kappa shape index (κ1) is 30.9. The van der Waals surface area contributed by atoms with E-state index in [0.29, 0.717) is 0 Å². The molecule has 0 spiro atoms. The van der Waals surface area contributed by atoms with Crippen molar-refractivity contribution < 1.29 is 0 Å². The SMILES string of the molecule is c1ccc(-c2nc(-c3ccc(-c4ccc5c(c4)nc(-c4ccccc4)c4c(-c6ccccn6)c(-c6ccccn6)sc45)cc3)c3ccccc3n2)cc1. The monoisotopic (exact) mass is 695 g/mol. The molecular formula is C47H29N5S. The normalized spacial score (nSPS) is 11.4. The van der Waals surface area contributed by atoms with E-state index in [4.69, 9.17) is 24.9 Å². The minimum Gasteiger partial charge on any atom is -0.256 e. The van der Waals surface area contributed by atoms with Crippen LogP contribution in [-0.2, 0) is 0 Å². The molecule has 0 fully saturated rings. The maximum absolute atomic E-state index is 5.43. The average molecular weight is 696 g/mol. The first-order chi connectivity index (χ1) is 26.3. The molecule has 0 unspecified atom stereocenters. The Labute approximate surface area is 310 Å². The molecule has 5 aromatic heterocycles. The summed E-state index contributed by atoms with van der Waals surface area (Å²) in [5.74, 6) is 0.718. The molecule has 5 heterocycles. The molecule has 0 aliphatic heterocycles. The Balaban J connectivity index is 1.13. The van der Waals surface area contributed by atoms with Crippen molar-refractivity contribution >= 4 is 43.2 Å². The lowest BCUT2D eigenvalue weighted by Gasteiger charge is -2.12. The third-order valence-corrected chi connectivity index (χ3v) is 10.9. The molecule has 10 rings (SSSR count). The number of aromatic nitrogens is 5. The molecule has 0 saturated carbocycles. The summed E-state index contributed by atoms with van der Waals surface area (Å²) in [6, 6.07) is 56.3. The predicted octanol–water partition coefficient (Wildman–Crippen LogP) is 12.2. The first-order valence-electron chi connectivity index (χ1n) is 17.5. The number of nitrogens with zero attached hydrogens (tertiary/aromatic N) is 5. The number of pyridine rings is 3. The van der Waals surface area contributed by atoms with E-state index in [-0.39, 0.29) is 0 Å². The molecule has 6 heteroatoms. The van der Waals surface area contributed by atoms with Crippen LogP contribution in [0.25, 0.3) is 98.7 Å². The minimum absolute atomic E-state index is 0.718. The number of hydrogen-bond donors (Lipinski definition) is 0. The van der Waals surface area contributed by atoms with E-state index >= 15 is 0 Å². The number of rotatable bonds is 6. The van der Waals surface area contributed by atoms with E-state index in [1.165, 1.54) is 4.70 Å². The van der Waals surface area contributed by atoms with Gasteiger partial charge in [0.15, 0.2) is 5.82 Å². The molecule has 0 N–H and O–H groups in total. The zero-order valence-electron chi connectivity index (χ0n) is 28.4. The lowest BCUT2D eigenvalue weighted by Crippen LogP contribution is -1.95. The van der Waals surface area contributed by atoms with Gasteiger partial charge in [-0.15, -0.1) is 11.3 Å². The Morgan fingerprint density at radius 2 is 1.02 bits per heavy atom. The van der Waals surface area contributed by atoms with Crippen molar-refractivity contribution in [3.8, 4) is 66.9 Å². The third-order valence-electron chi connectivity index (χ3n) is 9.61. The maximum Gasteiger partial charge on any atom is 0.160 e. The lowest BCUT2D eigenvalue weighted by atomic mass is 9.96. The minimum atomic E-state index is 0.718. The van der Waals surface area contributed by atoms with E-state index in [2.05, 4.69) is 103 Å². The molecule has 5 nitrogen and oxygen atoms in total. The number of benzene rings is 5. The van der Waals surface area contributed by atoms with Crippen LogP contribution in [0.15, 0.2) is 176 Å². The highest BCUT2D eigenvalue weighted by atomic mass is 32.1. The smallest absolute Gasteiger partial charge is 0.160 e. The fraction of sp³-hybridized carbons (Fsp3) is 0. The van der Waals surface area contributed by atoms with Crippen LogP contribution in [0.5, 0.6) is 0 Å². The van der Waals surface area contributed by atoms with Gasteiger partial charge in [-0.2, -0.15) is 0 Å². The van der Waals surface area contributed by atoms with Crippen LogP contribution in [0.1, 0.15) is 0 Å². The molecular weight excluding hydrogens is 667 g/mol. The number of para-hydroxylation sites is 1. The van der Waals surface area contributed by atoms with Crippen molar-refractivity contribution in [2.24, 2.45) is 0 Å². The molecule has 248 valence electrons. The fourth-order valence-electron chi connectivity index (χ4n) is 7.09. The summed E-state index contributed by atoms with van der Waals surface area (Å²) in [7, 11) is 0. The van der Waals surface area contributed by atoms with Gasteiger partial charge in [0.1, 0.15) is 0 Å². The Morgan fingerprint density at radius 3 is 1.75 bits per heavy atom. The van der Waals surface area contributed by atoms with E-state index in [0.717, 1.165) is 94.1 Å². The van der Waals surface area contributed by atoms with Crippen LogP contribution in [0.4, 0.5) is 0 Å². The van der Waals surface area contributed by atoms with Crippen LogP contribution in [0.2, 0.25) is 0 Å². The summed E-state index contributed by atoms with van der Waals surface area (Å²) in [6.07, 6.45) is 3.70. The number of thiophene rings is 1. The first-order valence-corrected chi connectivity index (χ1v) is 18.3. The van der Waals surface area contributed by atoms with E-state index in [9.17, 15) is 0 Å². The van der Waals surface area contributed by atoms with Gasteiger partial charge >= 0.3 is 0 Å². The van der Waals surface area contributed by atoms with Gasteiger partial charge in [0, 0.05) is 55.5 Å². The molecule has 0 amide bonds. The van der Waals surface area contributed by atoms with Crippen LogP contribution in [-0.4, -0.2) is 24.9 Å². The zero-order chi connectivity index (χ0) is 35.1. The Morgan fingerprint density at radius 1 is 0.396 bits per heavy atom. The highest BCUT2D eigenvalue weighted by Gasteiger charge is 2.24. The van der Waals surface area contributed by atoms with Crippen LogP contribution in [0.3, 0.4) is 0 Å². The highest BCUT2D eigenvalue weighted by Crippen LogP contribution is 2.49. The molecule has 0 atom stereocenters. The van der Waals surface area contributed by atoms with Gasteiger partial charge in [0.05, 0.1) is 38.7 Å². The summed E-state index contributed by atoms with van der Waals surface area (Å²) >= 11 is 1.76. The van der Waals surface area contributed by atoms with Crippen molar-refractivity contribution in [3.63, 3.8) is 0 Å². The quantitative estimate of drug-likeness (QED) is 0.173. The van der Waals surface area contributed by atoms with Crippen LogP contribution >= 0.6 is 11.3 Å². The fourth-order valence-corrected chi connectivity index (χ4v) is 8.41. The molecule has 10 aromatic rings. The predicted molar refractivity (Wildman–Crippen MR) is 218 cm³/mol. The standard InChI is InChI=1S/C47H29N5S/c1-3-13-31(14-4-1)44-42-41(38-19-9-11-27-48-38)46(39-20-10-12-28-49-39)53-45(42)36-26-25-34(29-40(36)50-44)30-21-23-32(24-22-30)43-35-17-7-8-18-37(35)51-47(52-43)33-15-5-2-6-16-33/h1-29H. The second kappa shape index (κ2) is 13.0. The van der Waals surface area contributed by atoms with Crippen molar-refractivity contribution in [2.45, 2.75) is 0 Å².